The molecule has 0 fully saturated rings. The molecule has 144 valence electrons. The molecule has 2 aromatic rings. The molecule has 1 N–H and O–H groups in total. The number of aryl methyl sites for hydroxylation is 1. The van der Waals surface area contributed by atoms with E-state index in [4.69, 9.17) is 4.74 Å². The molecule has 0 radical (unpaired) electrons. The lowest BCUT2D eigenvalue weighted by Crippen LogP contribution is -2.38. The highest BCUT2D eigenvalue weighted by Gasteiger charge is 2.15. The number of nitrogens with zero attached hydrogens (tertiary/aromatic N) is 5. The number of rotatable bonds is 6. The number of pyridine rings is 1. The van der Waals surface area contributed by atoms with Crippen LogP contribution in [0, 0.1) is 0 Å². The lowest BCUT2D eigenvalue weighted by atomic mass is 10.1. The molecule has 0 amide bonds. The van der Waals surface area contributed by atoms with Gasteiger partial charge in [0.1, 0.15) is 0 Å². The van der Waals surface area contributed by atoms with Crippen LogP contribution in [0.3, 0.4) is 0 Å². The quantitative estimate of drug-likeness (QED) is 0.398. The van der Waals surface area contributed by atoms with Gasteiger partial charge in [-0.25, -0.2) is 4.98 Å². The fourth-order valence-electron chi connectivity index (χ4n) is 2.73. The Bertz CT molecular complexity index is 728. The fraction of sp³-hybridized carbons (Fsp3) is 0.500. The number of hydrogen-bond acceptors (Lipinski definition) is 4. The zero-order valence-electron chi connectivity index (χ0n) is 16.4. The summed E-state index contributed by atoms with van der Waals surface area (Å²) >= 11 is 0. The van der Waals surface area contributed by atoms with Crippen LogP contribution in [0.25, 0.3) is 0 Å². The number of nitrogens with one attached hydrogen (secondary N) is 1. The molecule has 0 aliphatic heterocycles. The minimum absolute atomic E-state index is 0. The summed E-state index contributed by atoms with van der Waals surface area (Å²) in [5.41, 5.74) is 3.43. The molecule has 0 aromatic carbocycles. The van der Waals surface area contributed by atoms with Gasteiger partial charge in [0, 0.05) is 58.3 Å². The number of methoxy groups -OCH3 is 1. The maximum atomic E-state index is 5.16. The summed E-state index contributed by atoms with van der Waals surface area (Å²) in [5, 5.41) is 7.95. The summed E-state index contributed by atoms with van der Waals surface area (Å²) < 4.78 is 7.04. The molecule has 0 aliphatic carbocycles. The second-order valence-electron chi connectivity index (χ2n) is 6.33. The Labute approximate surface area is 172 Å². The maximum absolute atomic E-state index is 5.16. The lowest BCUT2D eigenvalue weighted by Gasteiger charge is -2.22. The lowest BCUT2D eigenvalue weighted by molar-refractivity contribution is 0.397. The van der Waals surface area contributed by atoms with Crippen LogP contribution in [0.1, 0.15) is 36.6 Å². The van der Waals surface area contributed by atoms with Gasteiger partial charge >= 0.3 is 0 Å². The van der Waals surface area contributed by atoms with E-state index in [0.717, 1.165) is 23.8 Å². The van der Waals surface area contributed by atoms with E-state index < -0.39 is 0 Å². The SMILES string of the molecule is CN=C(NCc1ccnc(OC)c1)N(C)Cc1cn(C)nc1C(C)C.I. The molecule has 2 aromatic heterocycles. The van der Waals surface area contributed by atoms with Crippen molar-refractivity contribution in [1.82, 2.24) is 25.0 Å². The van der Waals surface area contributed by atoms with E-state index in [0.29, 0.717) is 18.3 Å². The molecule has 0 atom stereocenters. The number of aliphatic imine (C=N–C) groups is 1. The van der Waals surface area contributed by atoms with Crippen LogP contribution in [-0.2, 0) is 20.1 Å². The Morgan fingerprint density at radius 2 is 2.15 bits per heavy atom. The minimum Gasteiger partial charge on any atom is -0.481 e. The van der Waals surface area contributed by atoms with E-state index in [-0.39, 0.29) is 24.0 Å². The van der Waals surface area contributed by atoms with E-state index in [1.807, 2.05) is 30.9 Å². The maximum Gasteiger partial charge on any atom is 0.213 e. The molecule has 0 aliphatic rings. The van der Waals surface area contributed by atoms with Crippen molar-refractivity contribution in [3.63, 3.8) is 0 Å². The topological polar surface area (TPSA) is 67.6 Å². The Balaban J connectivity index is 0.00000338. The van der Waals surface area contributed by atoms with Gasteiger partial charge in [-0.3, -0.25) is 9.67 Å². The average Bonchev–Trinajstić information content (AvgIpc) is 2.96. The van der Waals surface area contributed by atoms with Crippen LogP contribution in [0.4, 0.5) is 0 Å². The molecule has 0 unspecified atom stereocenters. The highest BCUT2D eigenvalue weighted by Crippen LogP contribution is 2.18. The van der Waals surface area contributed by atoms with Gasteiger partial charge in [0.05, 0.1) is 12.8 Å². The van der Waals surface area contributed by atoms with E-state index in [1.54, 1.807) is 20.4 Å². The summed E-state index contributed by atoms with van der Waals surface area (Å²) in [5.74, 6) is 1.83. The predicted octanol–water partition coefficient (Wildman–Crippen LogP) is 2.77. The van der Waals surface area contributed by atoms with Crippen molar-refractivity contribution in [3.8, 4) is 5.88 Å². The number of guanidine groups is 1. The number of hydrogen-bond donors (Lipinski definition) is 1. The third-order valence-corrected chi connectivity index (χ3v) is 3.92. The molecule has 0 bridgehead atoms. The van der Waals surface area contributed by atoms with Crippen molar-refractivity contribution in [1.29, 1.82) is 0 Å². The van der Waals surface area contributed by atoms with Crippen LogP contribution in [0.5, 0.6) is 5.88 Å². The van der Waals surface area contributed by atoms with E-state index >= 15 is 0 Å². The van der Waals surface area contributed by atoms with Gasteiger partial charge in [0.2, 0.25) is 5.88 Å². The normalized spacial score (nSPS) is 11.3. The first-order valence-corrected chi connectivity index (χ1v) is 8.37. The van der Waals surface area contributed by atoms with Crippen molar-refractivity contribution in [2.75, 3.05) is 21.2 Å². The third-order valence-electron chi connectivity index (χ3n) is 3.92. The third kappa shape index (κ3) is 5.86. The first-order valence-electron chi connectivity index (χ1n) is 8.37. The summed E-state index contributed by atoms with van der Waals surface area (Å²) in [7, 11) is 7.39. The zero-order valence-corrected chi connectivity index (χ0v) is 18.7. The Morgan fingerprint density at radius 3 is 2.77 bits per heavy atom. The zero-order chi connectivity index (χ0) is 18.4. The Morgan fingerprint density at radius 1 is 1.42 bits per heavy atom. The molecule has 7 nitrogen and oxygen atoms in total. The molecule has 0 spiro atoms. The molecule has 0 saturated carbocycles. The second-order valence-corrected chi connectivity index (χ2v) is 6.33. The van der Waals surface area contributed by atoms with E-state index in [2.05, 4.69) is 45.3 Å². The van der Waals surface area contributed by atoms with Gasteiger partial charge in [-0.05, 0) is 17.5 Å². The number of halogens is 1. The molecular formula is C18H29IN6O. The molecular weight excluding hydrogens is 443 g/mol. The van der Waals surface area contributed by atoms with Gasteiger partial charge < -0.3 is 15.0 Å². The van der Waals surface area contributed by atoms with Gasteiger partial charge in [0.25, 0.3) is 0 Å². The van der Waals surface area contributed by atoms with Crippen LogP contribution in [0.15, 0.2) is 29.5 Å². The van der Waals surface area contributed by atoms with Crippen molar-refractivity contribution < 1.29 is 4.74 Å². The summed E-state index contributed by atoms with van der Waals surface area (Å²) in [6.07, 6.45) is 3.82. The van der Waals surface area contributed by atoms with Gasteiger partial charge in [-0.2, -0.15) is 5.10 Å². The smallest absolute Gasteiger partial charge is 0.213 e. The Hall–Kier alpha value is -1.84. The highest BCUT2D eigenvalue weighted by molar-refractivity contribution is 14.0. The van der Waals surface area contributed by atoms with Crippen molar-refractivity contribution in [3.05, 3.63) is 41.3 Å². The van der Waals surface area contributed by atoms with Crippen LogP contribution in [-0.4, -0.2) is 46.8 Å². The van der Waals surface area contributed by atoms with E-state index in [1.165, 1.54) is 5.56 Å². The van der Waals surface area contributed by atoms with Gasteiger partial charge in [0.15, 0.2) is 5.96 Å². The first-order chi connectivity index (χ1) is 11.9. The monoisotopic (exact) mass is 472 g/mol. The van der Waals surface area contributed by atoms with Crippen molar-refractivity contribution in [2.45, 2.75) is 32.9 Å². The molecule has 26 heavy (non-hydrogen) atoms. The highest BCUT2D eigenvalue weighted by atomic mass is 127. The van der Waals surface area contributed by atoms with Crippen molar-refractivity contribution in [2.24, 2.45) is 12.0 Å². The summed E-state index contributed by atoms with van der Waals surface area (Å²) in [6.45, 7) is 5.73. The van der Waals surface area contributed by atoms with E-state index in [9.17, 15) is 0 Å². The largest absolute Gasteiger partial charge is 0.481 e. The van der Waals surface area contributed by atoms with Gasteiger partial charge in [-0.1, -0.05) is 13.8 Å². The standard InChI is InChI=1S/C18H28N6O.HI/c1-13(2)17-15(12-24(5)22-17)11-23(4)18(19-3)21-10-14-7-8-20-16(9-14)25-6;/h7-9,12-13H,10-11H2,1-6H3,(H,19,21);1H. The molecule has 2 rings (SSSR count). The second kappa shape index (κ2) is 10.3. The average molecular weight is 472 g/mol. The molecule has 2 heterocycles. The fourth-order valence-corrected chi connectivity index (χ4v) is 2.73. The van der Waals surface area contributed by atoms with Crippen LogP contribution in [0.2, 0.25) is 0 Å². The summed E-state index contributed by atoms with van der Waals surface area (Å²) in [4.78, 5) is 10.6. The Kier molecular flexibility index (Phi) is 8.83. The first kappa shape index (κ1) is 22.2. The van der Waals surface area contributed by atoms with Gasteiger partial charge in [-0.15, -0.1) is 24.0 Å². The van der Waals surface area contributed by atoms with Crippen LogP contribution < -0.4 is 10.1 Å². The summed E-state index contributed by atoms with van der Waals surface area (Å²) in [6, 6.07) is 3.87. The number of ether oxygens (including phenoxy) is 1. The number of aromatic nitrogens is 3. The minimum atomic E-state index is 0. The predicted molar refractivity (Wildman–Crippen MR) is 115 cm³/mol. The molecule has 0 saturated heterocycles. The van der Waals surface area contributed by atoms with Crippen molar-refractivity contribution >= 4 is 29.9 Å². The van der Waals surface area contributed by atoms with Crippen LogP contribution >= 0.6 is 24.0 Å². The molecule has 8 heteroatoms.